The molecular weight excluding hydrogens is 388 g/mol. The van der Waals surface area contributed by atoms with E-state index in [-0.39, 0.29) is 0 Å². The first kappa shape index (κ1) is 20.2. The Labute approximate surface area is 172 Å². The van der Waals surface area contributed by atoms with Gasteiger partial charge in [-0.3, -0.25) is 4.79 Å². The maximum absolute atomic E-state index is 12.2. The number of benzene rings is 2. The first-order chi connectivity index (χ1) is 14.1. The van der Waals surface area contributed by atoms with Gasteiger partial charge in [0, 0.05) is 11.1 Å². The lowest BCUT2D eigenvalue weighted by molar-refractivity contribution is -0.122. The smallest absolute Gasteiger partial charge is 0.338 e. The van der Waals surface area contributed by atoms with Gasteiger partial charge in [0.1, 0.15) is 17.4 Å². The maximum atomic E-state index is 12.2. The summed E-state index contributed by atoms with van der Waals surface area (Å²) in [4.78, 5) is 28.6. The summed E-state index contributed by atoms with van der Waals surface area (Å²) in [6.07, 6.45) is 0. The van der Waals surface area contributed by atoms with Crippen LogP contribution in [0.25, 0.3) is 0 Å². The Morgan fingerprint density at radius 1 is 1.14 bits per heavy atom. The lowest BCUT2D eigenvalue weighted by atomic mass is 10.1. The van der Waals surface area contributed by atoms with Crippen LogP contribution in [0.4, 0.5) is 0 Å². The molecular formula is C22H18N2O4S. The first-order valence-corrected chi connectivity index (χ1v) is 9.73. The van der Waals surface area contributed by atoms with Gasteiger partial charge in [-0.05, 0) is 36.8 Å². The molecule has 3 aromatic rings. The molecule has 6 nitrogen and oxygen atoms in total. The lowest BCUT2D eigenvalue weighted by Crippen LogP contribution is -2.20. The van der Waals surface area contributed by atoms with Crippen molar-refractivity contribution in [2.45, 2.75) is 19.4 Å². The predicted octanol–water partition coefficient (Wildman–Crippen LogP) is 4.06. The van der Waals surface area contributed by atoms with Crippen molar-refractivity contribution in [3.8, 4) is 11.8 Å². The monoisotopic (exact) mass is 406 g/mol. The number of nitrogens with zero attached hydrogens (tertiary/aromatic N) is 2. The Bertz CT molecular complexity index is 1020. The van der Waals surface area contributed by atoms with E-state index in [0.717, 1.165) is 17.0 Å². The van der Waals surface area contributed by atoms with Crippen molar-refractivity contribution in [2.24, 2.45) is 0 Å². The SMILES string of the molecule is Cc1csc([C@@H](C#N)C(=O)COC(=O)c2ccc(COc3ccccc3)cc2)n1. The molecule has 1 atom stereocenters. The van der Waals surface area contributed by atoms with E-state index in [1.54, 1.807) is 36.6 Å². The van der Waals surface area contributed by atoms with Gasteiger partial charge in [-0.25, -0.2) is 9.78 Å². The van der Waals surface area contributed by atoms with Gasteiger partial charge in [-0.2, -0.15) is 5.26 Å². The number of carbonyl (C=O) groups is 2. The van der Waals surface area contributed by atoms with E-state index in [2.05, 4.69) is 4.98 Å². The minimum atomic E-state index is -1.03. The molecule has 0 spiro atoms. The molecule has 7 heteroatoms. The molecule has 0 aliphatic carbocycles. The van der Waals surface area contributed by atoms with Gasteiger partial charge < -0.3 is 9.47 Å². The normalized spacial score (nSPS) is 11.3. The number of ketones is 1. The molecule has 3 rings (SSSR count). The van der Waals surface area contributed by atoms with Gasteiger partial charge >= 0.3 is 5.97 Å². The van der Waals surface area contributed by atoms with Crippen LogP contribution in [0.1, 0.15) is 32.5 Å². The van der Waals surface area contributed by atoms with Crippen molar-refractivity contribution in [3.63, 3.8) is 0 Å². The highest BCUT2D eigenvalue weighted by atomic mass is 32.1. The topological polar surface area (TPSA) is 89.3 Å². The molecule has 0 bridgehead atoms. The van der Waals surface area contributed by atoms with Crippen LogP contribution in [0.15, 0.2) is 60.0 Å². The molecule has 1 heterocycles. The number of thiazole rings is 1. The van der Waals surface area contributed by atoms with Crippen LogP contribution in [-0.4, -0.2) is 23.3 Å². The Kier molecular flexibility index (Phi) is 6.72. The van der Waals surface area contributed by atoms with Crippen LogP contribution in [0.2, 0.25) is 0 Å². The Balaban J connectivity index is 1.52. The molecule has 0 aliphatic heterocycles. The highest BCUT2D eigenvalue weighted by Gasteiger charge is 2.24. The molecule has 0 unspecified atom stereocenters. The molecule has 29 heavy (non-hydrogen) atoms. The Morgan fingerprint density at radius 3 is 2.48 bits per heavy atom. The van der Waals surface area contributed by atoms with E-state index in [0.29, 0.717) is 17.2 Å². The van der Waals surface area contributed by atoms with Crippen LogP contribution in [0.5, 0.6) is 5.75 Å². The summed E-state index contributed by atoms with van der Waals surface area (Å²) in [6, 6.07) is 18.1. The van der Waals surface area contributed by atoms with Crippen LogP contribution in [-0.2, 0) is 16.1 Å². The standard InChI is InChI=1S/C22H18N2O4S/c1-15-14-29-21(24-15)19(11-23)20(25)13-28-22(26)17-9-7-16(8-10-17)12-27-18-5-3-2-4-6-18/h2-10,14,19H,12-13H2,1H3/t19-/m0/s1. The minimum absolute atomic E-state index is 0.319. The van der Waals surface area contributed by atoms with Crippen molar-refractivity contribution in [3.05, 3.63) is 81.8 Å². The van der Waals surface area contributed by atoms with Gasteiger partial charge in [-0.1, -0.05) is 30.3 Å². The zero-order valence-corrected chi connectivity index (χ0v) is 16.5. The number of ether oxygens (including phenoxy) is 2. The van der Waals surface area contributed by atoms with E-state index < -0.39 is 24.3 Å². The average Bonchev–Trinajstić information content (AvgIpc) is 3.18. The fourth-order valence-corrected chi connectivity index (χ4v) is 3.35. The highest BCUT2D eigenvalue weighted by Crippen LogP contribution is 2.21. The van der Waals surface area contributed by atoms with Gasteiger partial charge in [0.25, 0.3) is 0 Å². The summed E-state index contributed by atoms with van der Waals surface area (Å²) in [6.45, 7) is 1.68. The largest absolute Gasteiger partial charge is 0.489 e. The molecule has 0 fully saturated rings. The van der Waals surface area contributed by atoms with E-state index in [1.165, 1.54) is 11.3 Å². The van der Waals surface area contributed by atoms with Crippen molar-refractivity contribution < 1.29 is 19.1 Å². The number of nitriles is 1. The van der Waals surface area contributed by atoms with Crippen LogP contribution in [0.3, 0.4) is 0 Å². The summed E-state index contributed by atoms with van der Waals surface area (Å²) >= 11 is 1.24. The number of hydrogen-bond donors (Lipinski definition) is 0. The number of carbonyl (C=O) groups excluding carboxylic acids is 2. The minimum Gasteiger partial charge on any atom is -0.489 e. The molecule has 1 aromatic heterocycles. The summed E-state index contributed by atoms with van der Waals surface area (Å²) < 4.78 is 10.7. The van der Waals surface area contributed by atoms with Crippen LogP contribution in [0, 0.1) is 18.3 Å². The quantitative estimate of drug-likeness (QED) is 0.524. The van der Waals surface area contributed by atoms with Crippen molar-refractivity contribution >= 4 is 23.1 Å². The lowest BCUT2D eigenvalue weighted by Gasteiger charge is -2.08. The number of esters is 1. The van der Waals surface area contributed by atoms with Gasteiger partial charge in [-0.15, -0.1) is 11.3 Å². The number of Topliss-reactive ketones (excluding diaryl/α,β-unsaturated/α-hetero) is 1. The number of aryl methyl sites for hydroxylation is 1. The van der Waals surface area contributed by atoms with Crippen molar-refractivity contribution in [1.29, 1.82) is 5.26 Å². The number of para-hydroxylation sites is 1. The third-order valence-electron chi connectivity index (χ3n) is 4.02. The fraction of sp³-hybridized carbons (Fsp3) is 0.182. The summed E-state index contributed by atoms with van der Waals surface area (Å²) in [5.41, 5.74) is 1.96. The van der Waals surface area contributed by atoms with Crippen LogP contribution < -0.4 is 4.74 Å². The second kappa shape index (κ2) is 9.62. The van der Waals surface area contributed by atoms with Crippen molar-refractivity contribution in [2.75, 3.05) is 6.61 Å². The Morgan fingerprint density at radius 2 is 1.86 bits per heavy atom. The molecule has 0 amide bonds. The molecule has 0 aliphatic rings. The number of aromatic nitrogens is 1. The average molecular weight is 406 g/mol. The third-order valence-corrected chi connectivity index (χ3v) is 5.05. The summed E-state index contributed by atoms with van der Waals surface area (Å²) in [5, 5.41) is 11.4. The van der Waals surface area contributed by atoms with Gasteiger partial charge in [0.2, 0.25) is 0 Å². The molecule has 0 saturated carbocycles. The second-order valence-corrected chi connectivity index (χ2v) is 7.12. The van der Waals surface area contributed by atoms with Crippen molar-refractivity contribution in [1.82, 2.24) is 4.98 Å². The summed E-state index contributed by atoms with van der Waals surface area (Å²) in [7, 11) is 0. The van der Waals surface area contributed by atoms with E-state index in [4.69, 9.17) is 9.47 Å². The fourth-order valence-electron chi connectivity index (χ4n) is 2.49. The number of hydrogen-bond acceptors (Lipinski definition) is 7. The van der Waals surface area contributed by atoms with Gasteiger partial charge in [0.15, 0.2) is 18.3 Å². The highest BCUT2D eigenvalue weighted by molar-refractivity contribution is 7.09. The molecule has 146 valence electrons. The second-order valence-electron chi connectivity index (χ2n) is 6.23. The molecule has 0 radical (unpaired) electrons. The van der Waals surface area contributed by atoms with E-state index >= 15 is 0 Å². The van der Waals surface area contributed by atoms with E-state index in [9.17, 15) is 14.9 Å². The maximum Gasteiger partial charge on any atom is 0.338 e. The zero-order chi connectivity index (χ0) is 20.6. The zero-order valence-electron chi connectivity index (χ0n) is 15.7. The molecule has 0 N–H and O–H groups in total. The van der Waals surface area contributed by atoms with Gasteiger partial charge in [0.05, 0.1) is 11.6 Å². The van der Waals surface area contributed by atoms with E-state index in [1.807, 2.05) is 36.4 Å². The summed E-state index contributed by atoms with van der Waals surface area (Å²) in [5.74, 6) is -1.39. The molecule has 0 saturated heterocycles. The number of rotatable bonds is 8. The predicted molar refractivity (Wildman–Crippen MR) is 108 cm³/mol. The molecule has 2 aromatic carbocycles. The Hall–Kier alpha value is -3.50. The first-order valence-electron chi connectivity index (χ1n) is 8.85. The third kappa shape index (κ3) is 5.50. The van der Waals surface area contributed by atoms with Crippen LogP contribution >= 0.6 is 11.3 Å².